The van der Waals surface area contributed by atoms with E-state index in [1.807, 2.05) is 18.2 Å². The van der Waals surface area contributed by atoms with E-state index in [-0.39, 0.29) is 42.2 Å². The number of hydrogen-bond acceptors (Lipinski definition) is 8. The molecule has 0 bridgehead atoms. The van der Waals surface area contributed by atoms with Gasteiger partial charge in [-0.05, 0) is 43.0 Å². The molecule has 1 saturated heterocycles. The zero-order chi connectivity index (χ0) is 33.5. The summed E-state index contributed by atoms with van der Waals surface area (Å²) < 4.78 is 6.65. The Hall–Kier alpha value is -4.58. The molecule has 4 heterocycles. The minimum atomic E-state index is -0.673. The van der Waals surface area contributed by atoms with Crippen molar-refractivity contribution in [3.05, 3.63) is 81.3 Å². The fourth-order valence-corrected chi connectivity index (χ4v) is 8.39. The molecule has 3 aromatic rings. The topological polar surface area (TPSA) is 120 Å². The summed E-state index contributed by atoms with van der Waals surface area (Å²) in [6.07, 6.45) is 5.49. The Bertz CT molecular complexity index is 1720. The van der Waals surface area contributed by atoms with Gasteiger partial charge in [0.15, 0.2) is 0 Å². The van der Waals surface area contributed by atoms with Crippen LogP contribution in [0, 0.1) is 11.8 Å². The maximum atomic E-state index is 14.6. The second-order valence-corrected chi connectivity index (χ2v) is 14.2. The standard InChI is InChI=1S/C36H39N5O6S/c1-38(2)32(42)24-9-3-4-10-25(24)33(43)40-17-14-22-8-7-13-29(47-23-15-16-39(19-23)36(46)30-18-37-21-48-30)31(22)28(40)20-41-34(44)26-11-5-6-12-27(26)35(41)45/h5-8,11-13,18,21,23-25,28H,3-4,9-10,14-17,19-20H2,1-2H3/t23-,24-,25+,28+/m0/s1. The monoisotopic (exact) mass is 669 g/mol. The highest BCUT2D eigenvalue weighted by Crippen LogP contribution is 2.42. The lowest BCUT2D eigenvalue weighted by atomic mass is 9.77. The molecule has 3 aliphatic heterocycles. The number of fused-ring (bicyclic) bond motifs is 2. The molecule has 250 valence electrons. The number of aromatic nitrogens is 1. The van der Waals surface area contributed by atoms with E-state index in [1.54, 1.807) is 64.8 Å². The highest BCUT2D eigenvalue weighted by Gasteiger charge is 2.45. The first-order valence-electron chi connectivity index (χ1n) is 16.7. The van der Waals surface area contributed by atoms with E-state index in [1.165, 1.54) is 16.2 Å². The van der Waals surface area contributed by atoms with Gasteiger partial charge in [-0.15, -0.1) is 11.3 Å². The lowest BCUT2D eigenvalue weighted by Gasteiger charge is -2.43. The quantitative estimate of drug-likeness (QED) is 0.348. The minimum absolute atomic E-state index is 0.0366. The Morgan fingerprint density at radius 3 is 2.35 bits per heavy atom. The van der Waals surface area contributed by atoms with Gasteiger partial charge in [0.1, 0.15) is 16.7 Å². The SMILES string of the molecule is CN(C)C(=O)[C@H]1CCCC[C@H]1C(=O)N1CCc2cccc(O[C@H]3CCN(C(=O)c4cncs4)C3)c2[C@H]1CN1C(=O)c2ccccc2C1=O. The van der Waals surface area contributed by atoms with Crippen molar-refractivity contribution in [3.8, 4) is 5.75 Å². The van der Waals surface area contributed by atoms with Crippen LogP contribution in [0.5, 0.6) is 5.75 Å². The summed E-state index contributed by atoms with van der Waals surface area (Å²) in [6.45, 7) is 1.30. The zero-order valence-electron chi connectivity index (χ0n) is 27.2. The van der Waals surface area contributed by atoms with Gasteiger partial charge < -0.3 is 19.4 Å². The highest BCUT2D eigenvalue weighted by atomic mass is 32.1. The van der Waals surface area contributed by atoms with Crippen LogP contribution >= 0.6 is 11.3 Å². The van der Waals surface area contributed by atoms with Crippen molar-refractivity contribution in [1.29, 1.82) is 0 Å². The lowest BCUT2D eigenvalue weighted by molar-refractivity contribution is -0.149. The van der Waals surface area contributed by atoms with Gasteiger partial charge in [-0.25, -0.2) is 0 Å². The van der Waals surface area contributed by atoms with Crippen molar-refractivity contribution in [1.82, 2.24) is 24.6 Å². The van der Waals surface area contributed by atoms with E-state index in [9.17, 15) is 24.0 Å². The van der Waals surface area contributed by atoms with Gasteiger partial charge in [-0.2, -0.15) is 0 Å². The van der Waals surface area contributed by atoms with Crippen molar-refractivity contribution in [2.75, 3.05) is 40.3 Å². The number of carbonyl (C=O) groups is 5. The van der Waals surface area contributed by atoms with Crippen LogP contribution in [-0.2, 0) is 16.0 Å². The lowest BCUT2D eigenvalue weighted by Crippen LogP contribution is -2.51. The third-order valence-electron chi connectivity index (χ3n) is 10.2. The molecule has 1 saturated carbocycles. The summed E-state index contributed by atoms with van der Waals surface area (Å²) in [6, 6.07) is 11.9. The number of benzene rings is 2. The Morgan fingerprint density at radius 1 is 0.938 bits per heavy atom. The molecule has 1 aliphatic carbocycles. The number of carbonyl (C=O) groups excluding carboxylic acids is 5. The van der Waals surface area contributed by atoms with Crippen molar-refractivity contribution in [3.63, 3.8) is 0 Å². The summed E-state index contributed by atoms with van der Waals surface area (Å²) in [5, 5.41) is 0. The molecular formula is C36H39N5O6S. The van der Waals surface area contributed by atoms with E-state index in [2.05, 4.69) is 4.98 Å². The molecule has 4 atom stereocenters. The van der Waals surface area contributed by atoms with Crippen molar-refractivity contribution in [2.24, 2.45) is 11.8 Å². The molecule has 0 unspecified atom stereocenters. The van der Waals surface area contributed by atoms with Crippen molar-refractivity contribution in [2.45, 2.75) is 50.7 Å². The first-order valence-corrected chi connectivity index (χ1v) is 17.5. The Morgan fingerprint density at radius 2 is 1.67 bits per heavy atom. The molecule has 4 aliphatic rings. The van der Waals surface area contributed by atoms with Crippen LogP contribution in [0.15, 0.2) is 54.2 Å². The average molecular weight is 670 g/mol. The van der Waals surface area contributed by atoms with E-state index < -0.39 is 17.9 Å². The van der Waals surface area contributed by atoms with E-state index in [0.29, 0.717) is 67.1 Å². The second-order valence-electron chi connectivity index (χ2n) is 13.3. The number of imide groups is 1. The van der Waals surface area contributed by atoms with Crippen LogP contribution in [-0.4, -0.2) is 100 Å². The molecule has 48 heavy (non-hydrogen) atoms. The smallest absolute Gasteiger partial charge is 0.265 e. The van der Waals surface area contributed by atoms with Crippen LogP contribution in [0.25, 0.3) is 0 Å². The molecule has 11 nitrogen and oxygen atoms in total. The number of ether oxygens (including phenoxy) is 1. The highest BCUT2D eigenvalue weighted by molar-refractivity contribution is 7.11. The summed E-state index contributed by atoms with van der Waals surface area (Å²) >= 11 is 1.31. The number of nitrogens with zero attached hydrogens (tertiary/aromatic N) is 5. The predicted octanol–water partition coefficient (Wildman–Crippen LogP) is 4.05. The maximum Gasteiger partial charge on any atom is 0.265 e. The van der Waals surface area contributed by atoms with Crippen LogP contribution in [0.4, 0.5) is 0 Å². The third-order valence-corrected chi connectivity index (χ3v) is 11.0. The van der Waals surface area contributed by atoms with Gasteiger partial charge in [-0.3, -0.25) is 33.9 Å². The summed E-state index contributed by atoms with van der Waals surface area (Å²) in [5.41, 5.74) is 4.09. The van der Waals surface area contributed by atoms with Crippen LogP contribution in [0.1, 0.15) is 79.7 Å². The van der Waals surface area contributed by atoms with Crippen LogP contribution in [0.2, 0.25) is 0 Å². The Kier molecular flexibility index (Phi) is 8.76. The number of hydrogen-bond donors (Lipinski definition) is 0. The predicted molar refractivity (Wildman–Crippen MR) is 178 cm³/mol. The first-order chi connectivity index (χ1) is 23.2. The molecule has 0 radical (unpaired) electrons. The summed E-state index contributed by atoms with van der Waals surface area (Å²) in [5.74, 6) is -1.37. The van der Waals surface area contributed by atoms with Crippen LogP contribution < -0.4 is 4.74 Å². The van der Waals surface area contributed by atoms with E-state index >= 15 is 0 Å². The van der Waals surface area contributed by atoms with Gasteiger partial charge in [0, 0.05) is 51.0 Å². The molecular weight excluding hydrogens is 630 g/mol. The molecule has 1 aromatic heterocycles. The number of thiazole rings is 1. The largest absolute Gasteiger partial charge is 0.488 e. The van der Waals surface area contributed by atoms with Gasteiger partial charge in [0.2, 0.25) is 11.8 Å². The molecule has 5 amide bonds. The van der Waals surface area contributed by atoms with E-state index in [4.69, 9.17) is 4.74 Å². The normalized spacial score (nSPS) is 23.6. The summed E-state index contributed by atoms with van der Waals surface area (Å²) in [4.78, 5) is 79.2. The van der Waals surface area contributed by atoms with Gasteiger partial charge in [0.25, 0.3) is 17.7 Å². The van der Waals surface area contributed by atoms with Crippen molar-refractivity contribution >= 4 is 40.9 Å². The molecule has 2 aromatic carbocycles. The van der Waals surface area contributed by atoms with E-state index in [0.717, 1.165) is 24.0 Å². The Labute approximate surface area is 283 Å². The number of likely N-dealkylation sites (tertiary alicyclic amines) is 1. The second kappa shape index (κ2) is 13.1. The molecule has 0 N–H and O–H groups in total. The fourth-order valence-electron chi connectivity index (χ4n) is 7.80. The summed E-state index contributed by atoms with van der Waals surface area (Å²) in [7, 11) is 3.44. The van der Waals surface area contributed by atoms with Gasteiger partial charge in [0.05, 0.1) is 42.0 Å². The molecule has 12 heteroatoms. The number of rotatable bonds is 7. The Balaban J connectivity index is 1.22. The minimum Gasteiger partial charge on any atom is -0.488 e. The maximum absolute atomic E-state index is 14.6. The first kappa shape index (κ1) is 32.0. The molecule has 2 fully saturated rings. The third kappa shape index (κ3) is 5.76. The molecule has 7 rings (SSSR count). The molecule has 0 spiro atoms. The zero-order valence-corrected chi connectivity index (χ0v) is 28.0. The van der Waals surface area contributed by atoms with Gasteiger partial charge in [-0.1, -0.05) is 37.1 Å². The fraction of sp³-hybridized carbons (Fsp3) is 0.444. The average Bonchev–Trinajstić information content (AvgIpc) is 3.86. The van der Waals surface area contributed by atoms with Crippen LogP contribution in [0.3, 0.4) is 0 Å². The van der Waals surface area contributed by atoms with Crippen molar-refractivity contribution < 1.29 is 28.7 Å². The van der Waals surface area contributed by atoms with Gasteiger partial charge >= 0.3 is 0 Å². The number of amides is 5.